The molecule has 6 heteroatoms. The lowest BCUT2D eigenvalue weighted by Gasteiger charge is -2.14. The van der Waals surface area contributed by atoms with Gasteiger partial charge in [0, 0.05) is 11.3 Å². The van der Waals surface area contributed by atoms with Crippen molar-refractivity contribution >= 4 is 29.3 Å². The zero-order chi connectivity index (χ0) is 14.6. The molecule has 0 bridgehead atoms. The van der Waals surface area contributed by atoms with Crippen LogP contribution in [0.15, 0.2) is 11.4 Å². The molecule has 1 aliphatic carbocycles. The van der Waals surface area contributed by atoms with Crippen molar-refractivity contribution < 1.29 is 9.53 Å². The molecule has 1 aromatic heterocycles. The molecule has 0 aliphatic heterocycles. The highest BCUT2D eigenvalue weighted by atomic mass is 35.5. The summed E-state index contributed by atoms with van der Waals surface area (Å²) in [6, 6.07) is 0. The quantitative estimate of drug-likeness (QED) is 0.438. The van der Waals surface area contributed by atoms with E-state index in [4.69, 9.17) is 16.3 Å². The third-order valence-corrected chi connectivity index (χ3v) is 5.28. The second kappa shape index (κ2) is 6.76. The summed E-state index contributed by atoms with van der Waals surface area (Å²) in [5, 5.41) is 1.49. The van der Waals surface area contributed by atoms with Gasteiger partial charge in [-0.2, -0.15) is 0 Å². The maximum Gasteiger partial charge on any atom is 0.306 e. The fourth-order valence-corrected chi connectivity index (χ4v) is 3.72. The average molecular weight is 315 g/mol. The summed E-state index contributed by atoms with van der Waals surface area (Å²) in [6.07, 6.45) is 6.05. The van der Waals surface area contributed by atoms with Crippen molar-refractivity contribution in [1.82, 2.24) is 9.97 Å². The number of hydrogen-bond acceptors (Lipinski definition) is 5. The molecule has 0 unspecified atom stereocenters. The number of nitrogens with zero attached hydrogens (tertiary/aromatic N) is 2. The number of aromatic nitrogens is 2. The number of carbonyl (C=O) groups excluding carboxylic acids is 1. The Labute approximate surface area is 128 Å². The molecule has 1 saturated carbocycles. The van der Waals surface area contributed by atoms with Gasteiger partial charge in [-0.1, -0.05) is 24.9 Å². The topological polar surface area (TPSA) is 52.1 Å². The lowest BCUT2D eigenvalue weighted by atomic mass is 10.1. The van der Waals surface area contributed by atoms with Gasteiger partial charge in [0.05, 0.1) is 13.5 Å². The van der Waals surface area contributed by atoms with Crippen molar-refractivity contribution in [3.8, 4) is 0 Å². The number of esters is 1. The van der Waals surface area contributed by atoms with E-state index in [-0.39, 0.29) is 11.4 Å². The molecule has 1 aliphatic rings. The van der Waals surface area contributed by atoms with Crippen LogP contribution in [-0.2, 0) is 16.0 Å². The predicted octanol–water partition coefficient (Wildman–Crippen LogP) is 3.52. The Morgan fingerprint density at radius 2 is 2.25 bits per heavy atom. The van der Waals surface area contributed by atoms with Gasteiger partial charge in [0.15, 0.2) is 0 Å². The number of hydrogen-bond donors (Lipinski definition) is 0. The van der Waals surface area contributed by atoms with Crippen molar-refractivity contribution in [2.24, 2.45) is 5.41 Å². The maximum atomic E-state index is 11.4. The van der Waals surface area contributed by atoms with Gasteiger partial charge in [0.1, 0.15) is 16.5 Å². The number of ether oxygens (including phenoxy) is 1. The van der Waals surface area contributed by atoms with Crippen LogP contribution < -0.4 is 0 Å². The molecule has 1 heterocycles. The molecular weight excluding hydrogens is 296 g/mol. The van der Waals surface area contributed by atoms with Gasteiger partial charge in [-0.25, -0.2) is 9.97 Å². The van der Waals surface area contributed by atoms with Crippen molar-refractivity contribution in [3.05, 3.63) is 17.0 Å². The molecule has 4 nitrogen and oxygen atoms in total. The smallest absolute Gasteiger partial charge is 0.306 e. The Morgan fingerprint density at radius 3 is 2.85 bits per heavy atom. The predicted molar refractivity (Wildman–Crippen MR) is 80.1 cm³/mol. The molecule has 1 aromatic rings. The lowest BCUT2D eigenvalue weighted by Crippen LogP contribution is -2.13. The van der Waals surface area contributed by atoms with E-state index in [2.05, 4.69) is 16.9 Å². The molecule has 1 fully saturated rings. The van der Waals surface area contributed by atoms with Crippen LogP contribution in [0, 0.1) is 5.41 Å². The molecule has 0 aromatic carbocycles. The summed E-state index contributed by atoms with van der Waals surface area (Å²) in [5.41, 5.74) is 1.12. The highest BCUT2D eigenvalue weighted by Crippen LogP contribution is 2.52. The molecule has 2 rings (SSSR count). The highest BCUT2D eigenvalue weighted by molar-refractivity contribution is 7.99. The molecule has 0 radical (unpaired) electrons. The van der Waals surface area contributed by atoms with Crippen molar-refractivity contribution in [2.45, 2.75) is 44.1 Å². The standard InChI is InChI=1S/C14H19ClN2O2S/c1-3-4-10-12(15)16-9-17-13(10)20-8-14(5-6-14)7-11(18)19-2/h9H,3-8H2,1-2H3. The summed E-state index contributed by atoms with van der Waals surface area (Å²) in [7, 11) is 1.44. The number of carbonyl (C=O) groups is 1. The molecule has 0 amide bonds. The van der Waals surface area contributed by atoms with E-state index in [0.29, 0.717) is 11.6 Å². The van der Waals surface area contributed by atoms with E-state index in [1.54, 1.807) is 11.8 Å². The van der Waals surface area contributed by atoms with Gasteiger partial charge in [-0.15, -0.1) is 11.8 Å². The highest BCUT2D eigenvalue weighted by Gasteiger charge is 2.44. The minimum Gasteiger partial charge on any atom is -0.469 e. The van der Waals surface area contributed by atoms with Crippen LogP contribution in [-0.4, -0.2) is 28.8 Å². The summed E-state index contributed by atoms with van der Waals surface area (Å²) in [5.74, 6) is 0.754. The molecule has 0 saturated heterocycles. The fraction of sp³-hybridized carbons (Fsp3) is 0.643. The number of halogens is 1. The first kappa shape index (κ1) is 15.6. The van der Waals surface area contributed by atoms with Gasteiger partial charge >= 0.3 is 5.97 Å². The monoisotopic (exact) mass is 314 g/mol. The molecule has 0 spiro atoms. The zero-order valence-electron chi connectivity index (χ0n) is 11.8. The van der Waals surface area contributed by atoms with Crippen molar-refractivity contribution in [2.75, 3.05) is 12.9 Å². The minimum absolute atomic E-state index is 0.0959. The van der Waals surface area contributed by atoms with E-state index in [1.807, 2.05) is 0 Å². The Hall–Kier alpha value is -0.810. The van der Waals surface area contributed by atoms with Crippen LogP contribution in [0.1, 0.15) is 38.2 Å². The third-order valence-electron chi connectivity index (χ3n) is 3.57. The van der Waals surface area contributed by atoms with Crippen LogP contribution in [0.5, 0.6) is 0 Å². The second-order valence-electron chi connectivity index (χ2n) is 5.24. The van der Waals surface area contributed by atoms with Gasteiger partial charge in [-0.3, -0.25) is 4.79 Å². The first-order chi connectivity index (χ1) is 9.60. The normalized spacial score (nSPS) is 15.9. The van der Waals surface area contributed by atoms with Crippen LogP contribution in [0.25, 0.3) is 0 Å². The molecule has 0 N–H and O–H groups in total. The Bertz CT molecular complexity index is 492. The van der Waals surface area contributed by atoms with Crippen molar-refractivity contribution in [3.63, 3.8) is 0 Å². The SMILES string of the molecule is CCCc1c(Cl)ncnc1SCC1(CC(=O)OC)CC1. The lowest BCUT2D eigenvalue weighted by molar-refractivity contribution is -0.141. The number of thioether (sulfide) groups is 1. The van der Waals surface area contributed by atoms with E-state index >= 15 is 0 Å². The summed E-state index contributed by atoms with van der Waals surface area (Å²) in [4.78, 5) is 19.8. The van der Waals surface area contributed by atoms with Gasteiger partial charge in [-0.05, 0) is 24.7 Å². The minimum atomic E-state index is -0.127. The molecule has 110 valence electrons. The summed E-state index contributed by atoms with van der Waals surface area (Å²) in [6.45, 7) is 2.11. The Morgan fingerprint density at radius 1 is 1.50 bits per heavy atom. The molecule has 20 heavy (non-hydrogen) atoms. The van der Waals surface area contributed by atoms with Crippen LogP contribution >= 0.6 is 23.4 Å². The average Bonchev–Trinajstić information content (AvgIpc) is 3.19. The van der Waals surface area contributed by atoms with Crippen LogP contribution in [0.4, 0.5) is 0 Å². The van der Waals surface area contributed by atoms with E-state index in [9.17, 15) is 4.79 Å². The second-order valence-corrected chi connectivity index (χ2v) is 6.56. The number of rotatable bonds is 7. The van der Waals surface area contributed by atoms with Crippen molar-refractivity contribution in [1.29, 1.82) is 0 Å². The van der Waals surface area contributed by atoms with Crippen LogP contribution in [0.2, 0.25) is 5.15 Å². The Balaban J connectivity index is 2.01. The Kier molecular flexibility index (Phi) is 5.27. The maximum absolute atomic E-state index is 11.4. The zero-order valence-corrected chi connectivity index (χ0v) is 13.4. The number of methoxy groups -OCH3 is 1. The first-order valence-corrected chi connectivity index (χ1v) is 8.15. The largest absolute Gasteiger partial charge is 0.469 e. The van der Waals surface area contributed by atoms with E-state index in [1.165, 1.54) is 13.4 Å². The molecule has 0 atom stereocenters. The fourth-order valence-electron chi connectivity index (χ4n) is 2.11. The summed E-state index contributed by atoms with van der Waals surface area (Å²) < 4.78 is 4.76. The third kappa shape index (κ3) is 3.85. The van der Waals surface area contributed by atoms with Crippen LogP contribution in [0.3, 0.4) is 0 Å². The van der Waals surface area contributed by atoms with Gasteiger partial charge in [0.2, 0.25) is 0 Å². The van der Waals surface area contributed by atoms with E-state index < -0.39 is 0 Å². The first-order valence-electron chi connectivity index (χ1n) is 6.79. The summed E-state index contributed by atoms with van der Waals surface area (Å²) >= 11 is 7.82. The van der Waals surface area contributed by atoms with Gasteiger partial charge < -0.3 is 4.74 Å². The molecular formula is C14H19ClN2O2S. The van der Waals surface area contributed by atoms with Gasteiger partial charge in [0.25, 0.3) is 0 Å². The van der Waals surface area contributed by atoms with E-state index in [0.717, 1.165) is 42.0 Å².